The molecule has 0 aromatic heterocycles. The van der Waals surface area contributed by atoms with E-state index in [1.54, 1.807) is 36.2 Å². The van der Waals surface area contributed by atoms with Crippen LogP contribution in [0.2, 0.25) is 5.02 Å². The molecule has 1 atom stereocenters. The number of hydrogen-bond donors (Lipinski definition) is 1. The van der Waals surface area contributed by atoms with E-state index in [9.17, 15) is 9.59 Å². The van der Waals surface area contributed by atoms with Crippen molar-refractivity contribution in [2.24, 2.45) is 0 Å². The van der Waals surface area contributed by atoms with Gasteiger partial charge in [0.1, 0.15) is 0 Å². The summed E-state index contributed by atoms with van der Waals surface area (Å²) in [5, 5.41) is 3.43. The molecule has 17 heavy (non-hydrogen) atoms. The van der Waals surface area contributed by atoms with Crippen LogP contribution in [0.1, 0.15) is 16.8 Å². The zero-order valence-corrected chi connectivity index (χ0v) is 10.2. The quantitative estimate of drug-likeness (QED) is 0.863. The lowest BCUT2D eigenvalue weighted by molar-refractivity contribution is -0.126. The molecule has 4 nitrogen and oxygen atoms in total. The Morgan fingerprint density at radius 1 is 1.41 bits per heavy atom. The highest BCUT2D eigenvalue weighted by Gasteiger charge is 2.27. The highest BCUT2D eigenvalue weighted by Crippen LogP contribution is 2.12. The number of carbonyl (C=O) groups is 2. The van der Waals surface area contributed by atoms with E-state index in [4.69, 9.17) is 11.6 Å². The van der Waals surface area contributed by atoms with Crippen LogP contribution in [0.4, 0.5) is 0 Å². The van der Waals surface area contributed by atoms with Crippen molar-refractivity contribution in [1.29, 1.82) is 0 Å². The lowest BCUT2D eigenvalue weighted by Gasteiger charge is -2.12. The molecule has 0 aliphatic carbocycles. The SMILES string of the molecule is CN1CC(NC(=O)c2ccc(Cl)cc2)CC1=O. The lowest BCUT2D eigenvalue weighted by Crippen LogP contribution is -2.36. The smallest absolute Gasteiger partial charge is 0.251 e. The normalized spacial score (nSPS) is 19.5. The van der Waals surface area contributed by atoms with Gasteiger partial charge in [-0.1, -0.05) is 11.6 Å². The zero-order valence-electron chi connectivity index (χ0n) is 9.44. The van der Waals surface area contributed by atoms with Crippen molar-refractivity contribution in [2.75, 3.05) is 13.6 Å². The summed E-state index contributed by atoms with van der Waals surface area (Å²) in [7, 11) is 1.73. The van der Waals surface area contributed by atoms with Gasteiger partial charge in [-0.25, -0.2) is 0 Å². The number of benzene rings is 1. The first-order valence-corrected chi connectivity index (χ1v) is 5.74. The number of nitrogens with one attached hydrogen (secondary N) is 1. The first-order chi connectivity index (χ1) is 8.06. The van der Waals surface area contributed by atoms with Gasteiger partial charge in [0.05, 0.1) is 6.04 Å². The van der Waals surface area contributed by atoms with Gasteiger partial charge in [0.15, 0.2) is 0 Å². The summed E-state index contributed by atoms with van der Waals surface area (Å²) >= 11 is 5.74. The van der Waals surface area contributed by atoms with Gasteiger partial charge < -0.3 is 10.2 Å². The van der Waals surface area contributed by atoms with Crippen LogP contribution >= 0.6 is 11.6 Å². The molecule has 0 spiro atoms. The fraction of sp³-hybridized carbons (Fsp3) is 0.333. The first kappa shape index (κ1) is 11.9. The fourth-order valence-corrected chi connectivity index (χ4v) is 1.96. The summed E-state index contributed by atoms with van der Waals surface area (Å²) in [6.45, 7) is 0.568. The molecule has 1 saturated heterocycles. The minimum Gasteiger partial charge on any atom is -0.347 e. The standard InChI is InChI=1S/C12H13ClN2O2/c1-15-7-10(6-11(15)16)14-12(17)8-2-4-9(13)5-3-8/h2-5,10H,6-7H2,1H3,(H,14,17). The summed E-state index contributed by atoms with van der Waals surface area (Å²) < 4.78 is 0. The minimum atomic E-state index is -0.172. The molecule has 0 radical (unpaired) electrons. The molecule has 1 aliphatic heterocycles. The predicted octanol–water partition coefficient (Wildman–Crippen LogP) is 1.30. The molecule has 2 amide bonds. The average Bonchev–Trinajstić information content (AvgIpc) is 2.58. The van der Waals surface area contributed by atoms with Crippen LogP contribution in [0.3, 0.4) is 0 Å². The number of carbonyl (C=O) groups excluding carboxylic acids is 2. The lowest BCUT2D eigenvalue weighted by atomic mass is 10.2. The van der Waals surface area contributed by atoms with Gasteiger partial charge in [0.25, 0.3) is 5.91 Å². The topological polar surface area (TPSA) is 49.4 Å². The van der Waals surface area contributed by atoms with E-state index >= 15 is 0 Å². The van der Waals surface area contributed by atoms with Gasteiger partial charge in [0.2, 0.25) is 5.91 Å². The zero-order chi connectivity index (χ0) is 12.4. The number of hydrogen-bond acceptors (Lipinski definition) is 2. The Hall–Kier alpha value is -1.55. The molecule has 1 heterocycles. The van der Waals surface area contributed by atoms with E-state index in [1.165, 1.54) is 0 Å². The van der Waals surface area contributed by atoms with Crippen molar-refractivity contribution < 1.29 is 9.59 Å². The Kier molecular flexibility index (Phi) is 3.33. The number of amides is 2. The summed E-state index contributed by atoms with van der Waals surface area (Å²) in [6, 6.07) is 6.57. The Morgan fingerprint density at radius 3 is 2.59 bits per heavy atom. The van der Waals surface area contributed by atoms with E-state index < -0.39 is 0 Å². The van der Waals surface area contributed by atoms with Crippen molar-refractivity contribution >= 4 is 23.4 Å². The van der Waals surface area contributed by atoms with Crippen LogP contribution in [-0.4, -0.2) is 36.3 Å². The molecule has 0 bridgehead atoms. The van der Waals surface area contributed by atoms with Gasteiger partial charge in [0, 0.05) is 30.6 Å². The molecule has 2 rings (SSSR count). The monoisotopic (exact) mass is 252 g/mol. The minimum absolute atomic E-state index is 0.0615. The average molecular weight is 253 g/mol. The third-order valence-electron chi connectivity index (χ3n) is 2.78. The van der Waals surface area contributed by atoms with Gasteiger partial charge >= 0.3 is 0 Å². The Morgan fingerprint density at radius 2 is 2.06 bits per heavy atom. The van der Waals surface area contributed by atoms with Gasteiger partial charge in [-0.15, -0.1) is 0 Å². The number of halogens is 1. The maximum Gasteiger partial charge on any atom is 0.251 e. The maximum atomic E-state index is 11.8. The van der Waals surface area contributed by atoms with Crippen molar-refractivity contribution in [1.82, 2.24) is 10.2 Å². The molecule has 1 fully saturated rings. The Balaban J connectivity index is 1.98. The van der Waals surface area contributed by atoms with Gasteiger partial charge in [-0.2, -0.15) is 0 Å². The van der Waals surface area contributed by atoms with E-state index in [1.807, 2.05) is 0 Å². The predicted molar refractivity (Wildman–Crippen MR) is 65.0 cm³/mol. The van der Waals surface area contributed by atoms with Crippen LogP contribution in [0.25, 0.3) is 0 Å². The van der Waals surface area contributed by atoms with E-state index in [0.29, 0.717) is 23.6 Å². The second-order valence-electron chi connectivity index (χ2n) is 4.16. The highest BCUT2D eigenvalue weighted by atomic mass is 35.5. The van der Waals surface area contributed by atoms with Crippen LogP contribution in [0.15, 0.2) is 24.3 Å². The number of nitrogens with zero attached hydrogens (tertiary/aromatic N) is 1. The van der Waals surface area contributed by atoms with Gasteiger partial charge in [-0.05, 0) is 24.3 Å². The molecule has 5 heteroatoms. The molecule has 0 saturated carbocycles. The molecular weight excluding hydrogens is 240 g/mol. The Labute approximate surface area is 105 Å². The number of rotatable bonds is 2. The van der Waals surface area contributed by atoms with Crippen LogP contribution in [-0.2, 0) is 4.79 Å². The second kappa shape index (κ2) is 4.75. The third kappa shape index (κ3) is 2.77. The third-order valence-corrected chi connectivity index (χ3v) is 3.03. The second-order valence-corrected chi connectivity index (χ2v) is 4.59. The van der Waals surface area contributed by atoms with Crippen molar-refractivity contribution in [3.8, 4) is 0 Å². The Bertz CT molecular complexity index is 444. The number of likely N-dealkylation sites (tertiary alicyclic amines) is 1. The van der Waals surface area contributed by atoms with Gasteiger partial charge in [-0.3, -0.25) is 9.59 Å². The number of likely N-dealkylation sites (N-methyl/N-ethyl adjacent to an activating group) is 1. The molecule has 1 aliphatic rings. The van der Waals surface area contributed by atoms with Crippen molar-refractivity contribution in [2.45, 2.75) is 12.5 Å². The first-order valence-electron chi connectivity index (χ1n) is 5.36. The van der Waals surface area contributed by atoms with Crippen LogP contribution in [0.5, 0.6) is 0 Å². The summed E-state index contributed by atoms with van der Waals surface area (Å²) in [4.78, 5) is 24.8. The van der Waals surface area contributed by atoms with Crippen molar-refractivity contribution in [3.63, 3.8) is 0 Å². The summed E-state index contributed by atoms with van der Waals surface area (Å²) in [5.74, 6) is -0.110. The fourth-order valence-electron chi connectivity index (χ4n) is 1.83. The molecule has 1 unspecified atom stereocenters. The van der Waals surface area contributed by atoms with E-state index in [0.717, 1.165) is 0 Å². The maximum absolute atomic E-state index is 11.8. The molecule has 1 aromatic rings. The molecular formula is C12H13ClN2O2. The largest absolute Gasteiger partial charge is 0.347 e. The van der Waals surface area contributed by atoms with Crippen LogP contribution in [0, 0.1) is 0 Å². The summed E-state index contributed by atoms with van der Waals surface area (Å²) in [5.41, 5.74) is 0.552. The molecule has 1 N–H and O–H groups in total. The van der Waals surface area contributed by atoms with E-state index in [-0.39, 0.29) is 17.9 Å². The molecule has 1 aromatic carbocycles. The van der Waals surface area contributed by atoms with Crippen LogP contribution < -0.4 is 5.32 Å². The highest BCUT2D eigenvalue weighted by molar-refractivity contribution is 6.30. The van der Waals surface area contributed by atoms with Crippen molar-refractivity contribution in [3.05, 3.63) is 34.9 Å². The molecule has 90 valence electrons. The summed E-state index contributed by atoms with van der Waals surface area (Å²) in [6.07, 6.45) is 0.371. The van der Waals surface area contributed by atoms with E-state index in [2.05, 4.69) is 5.32 Å².